The lowest BCUT2D eigenvalue weighted by Crippen LogP contribution is -2.21. The Bertz CT molecular complexity index is 174. The van der Waals surface area contributed by atoms with E-state index < -0.39 is 5.92 Å². The van der Waals surface area contributed by atoms with E-state index in [1.807, 2.05) is 6.92 Å². The van der Waals surface area contributed by atoms with E-state index >= 15 is 0 Å². The number of carbonyl (C=O) groups is 2. The summed E-state index contributed by atoms with van der Waals surface area (Å²) < 4.78 is 4.68. The molecular formula is C7H10O3. The molecule has 0 amide bonds. The Morgan fingerprint density at radius 3 is 2.50 bits per heavy atom. The third kappa shape index (κ3) is 1.03. The summed E-state index contributed by atoms with van der Waals surface area (Å²) in [5, 5.41) is 0. The number of esters is 1. The van der Waals surface area contributed by atoms with Crippen LogP contribution in [0.2, 0.25) is 0 Å². The van der Waals surface area contributed by atoms with Crippen molar-refractivity contribution in [2.24, 2.45) is 11.8 Å². The third-order valence-corrected chi connectivity index (χ3v) is 1.75. The van der Waals surface area contributed by atoms with Crippen LogP contribution >= 0.6 is 0 Å². The first-order valence-corrected chi connectivity index (χ1v) is 3.30. The molecule has 0 saturated carbocycles. The quantitative estimate of drug-likeness (QED) is 0.393. The molecule has 0 aromatic carbocycles. The maximum Gasteiger partial charge on any atom is 0.316 e. The zero-order valence-corrected chi connectivity index (χ0v) is 6.09. The smallest absolute Gasteiger partial charge is 0.316 e. The fourth-order valence-corrected chi connectivity index (χ4v) is 1.20. The maximum absolute atomic E-state index is 10.8. The zero-order valence-electron chi connectivity index (χ0n) is 6.09. The van der Waals surface area contributed by atoms with Gasteiger partial charge in [0.25, 0.3) is 0 Å². The minimum atomic E-state index is -0.500. The molecule has 1 saturated heterocycles. The Morgan fingerprint density at radius 2 is 2.30 bits per heavy atom. The molecule has 2 atom stereocenters. The molecule has 1 heterocycles. The number of hydrogen-bond acceptors (Lipinski definition) is 3. The Hall–Kier alpha value is -0.860. The predicted octanol–water partition coefficient (Wildman–Crippen LogP) is 0.384. The SMILES string of the molecule is CC(=O)C1C(=O)OCC1C. The van der Waals surface area contributed by atoms with Crippen molar-refractivity contribution in [3.8, 4) is 0 Å². The molecule has 0 spiro atoms. The van der Waals surface area contributed by atoms with Crippen molar-refractivity contribution >= 4 is 11.8 Å². The first-order chi connectivity index (χ1) is 4.63. The van der Waals surface area contributed by atoms with E-state index in [1.165, 1.54) is 6.92 Å². The summed E-state index contributed by atoms with van der Waals surface area (Å²) in [7, 11) is 0. The van der Waals surface area contributed by atoms with Crippen LogP contribution in [0.25, 0.3) is 0 Å². The molecule has 0 aliphatic carbocycles. The van der Waals surface area contributed by atoms with Crippen molar-refractivity contribution < 1.29 is 14.3 Å². The molecule has 56 valence electrons. The van der Waals surface area contributed by atoms with Crippen molar-refractivity contribution in [1.82, 2.24) is 0 Å². The second-order valence-electron chi connectivity index (χ2n) is 2.70. The molecular weight excluding hydrogens is 132 g/mol. The molecule has 0 bridgehead atoms. The molecule has 3 heteroatoms. The monoisotopic (exact) mass is 142 g/mol. The van der Waals surface area contributed by atoms with Crippen LogP contribution in [0.5, 0.6) is 0 Å². The topological polar surface area (TPSA) is 43.4 Å². The molecule has 2 unspecified atom stereocenters. The normalized spacial score (nSPS) is 32.0. The second-order valence-corrected chi connectivity index (χ2v) is 2.70. The molecule has 0 aromatic heterocycles. The average Bonchev–Trinajstić information content (AvgIpc) is 2.11. The number of Topliss-reactive ketones (excluding diaryl/α,β-unsaturated/α-hetero) is 1. The highest BCUT2D eigenvalue weighted by Gasteiger charge is 2.36. The standard InChI is InChI=1S/C7H10O3/c1-4-3-10-7(9)6(4)5(2)8/h4,6H,3H2,1-2H3. The summed E-state index contributed by atoms with van der Waals surface area (Å²) in [6, 6.07) is 0. The Kier molecular flexibility index (Phi) is 1.74. The average molecular weight is 142 g/mol. The van der Waals surface area contributed by atoms with E-state index in [0.29, 0.717) is 6.61 Å². The van der Waals surface area contributed by atoms with E-state index in [4.69, 9.17) is 0 Å². The summed E-state index contributed by atoms with van der Waals surface area (Å²) >= 11 is 0. The first-order valence-electron chi connectivity index (χ1n) is 3.30. The van der Waals surface area contributed by atoms with Crippen molar-refractivity contribution in [2.75, 3.05) is 6.61 Å². The molecule has 1 rings (SSSR count). The molecule has 1 aliphatic heterocycles. The van der Waals surface area contributed by atoms with Gasteiger partial charge in [0.15, 0.2) is 0 Å². The van der Waals surface area contributed by atoms with E-state index in [2.05, 4.69) is 4.74 Å². The Balaban J connectivity index is 2.72. The van der Waals surface area contributed by atoms with Crippen LogP contribution in [0, 0.1) is 11.8 Å². The van der Waals surface area contributed by atoms with Gasteiger partial charge in [0.2, 0.25) is 0 Å². The van der Waals surface area contributed by atoms with E-state index in [0.717, 1.165) is 0 Å². The molecule has 0 N–H and O–H groups in total. The second kappa shape index (κ2) is 2.40. The zero-order chi connectivity index (χ0) is 7.72. The van der Waals surface area contributed by atoms with Crippen LogP contribution in [0.15, 0.2) is 0 Å². The van der Waals surface area contributed by atoms with Crippen LogP contribution in [-0.4, -0.2) is 18.4 Å². The van der Waals surface area contributed by atoms with Gasteiger partial charge in [0.05, 0.1) is 6.61 Å². The minimum Gasteiger partial charge on any atom is -0.465 e. The lowest BCUT2D eigenvalue weighted by molar-refractivity contribution is -0.144. The third-order valence-electron chi connectivity index (χ3n) is 1.75. The first kappa shape index (κ1) is 7.25. The maximum atomic E-state index is 10.8. The highest BCUT2D eigenvalue weighted by atomic mass is 16.5. The van der Waals surface area contributed by atoms with Gasteiger partial charge in [-0.25, -0.2) is 0 Å². The summed E-state index contributed by atoms with van der Waals surface area (Å²) in [5.41, 5.74) is 0. The highest BCUT2D eigenvalue weighted by molar-refractivity contribution is 5.99. The predicted molar refractivity (Wildman–Crippen MR) is 34.3 cm³/mol. The van der Waals surface area contributed by atoms with Gasteiger partial charge >= 0.3 is 5.97 Å². The number of cyclic esters (lactones) is 1. The van der Waals surface area contributed by atoms with Crippen molar-refractivity contribution in [1.29, 1.82) is 0 Å². The summed E-state index contributed by atoms with van der Waals surface area (Å²) in [6.45, 7) is 3.66. The van der Waals surface area contributed by atoms with Crippen molar-refractivity contribution in [2.45, 2.75) is 13.8 Å². The number of ketones is 1. The van der Waals surface area contributed by atoms with Gasteiger partial charge in [0, 0.05) is 5.92 Å². The lowest BCUT2D eigenvalue weighted by atomic mass is 9.94. The van der Waals surface area contributed by atoms with E-state index in [1.54, 1.807) is 0 Å². The van der Waals surface area contributed by atoms with Gasteiger partial charge in [-0.1, -0.05) is 6.92 Å². The minimum absolute atomic E-state index is 0.0602. The molecule has 0 radical (unpaired) electrons. The number of hydrogen-bond donors (Lipinski definition) is 0. The van der Waals surface area contributed by atoms with Crippen LogP contribution in [0.4, 0.5) is 0 Å². The Labute approximate surface area is 59.4 Å². The highest BCUT2D eigenvalue weighted by Crippen LogP contribution is 2.21. The van der Waals surface area contributed by atoms with Gasteiger partial charge < -0.3 is 4.74 Å². The summed E-state index contributed by atoms with van der Waals surface area (Å²) in [4.78, 5) is 21.5. The molecule has 1 aliphatic rings. The molecule has 0 aromatic rings. The van der Waals surface area contributed by atoms with Gasteiger partial charge in [-0.15, -0.1) is 0 Å². The van der Waals surface area contributed by atoms with Gasteiger partial charge in [-0.2, -0.15) is 0 Å². The fourth-order valence-electron chi connectivity index (χ4n) is 1.20. The molecule has 3 nitrogen and oxygen atoms in total. The summed E-state index contributed by atoms with van der Waals surface area (Å²) in [6.07, 6.45) is 0. The fraction of sp³-hybridized carbons (Fsp3) is 0.714. The summed E-state index contributed by atoms with van der Waals surface area (Å²) in [5.74, 6) is -0.889. The van der Waals surface area contributed by atoms with Crippen LogP contribution < -0.4 is 0 Å². The number of ether oxygens (including phenoxy) is 1. The van der Waals surface area contributed by atoms with Crippen LogP contribution in [0.1, 0.15) is 13.8 Å². The van der Waals surface area contributed by atoms with Crippen molar-refractivity contribution in [3.05, 3.63) is 0 Å². The van der Waals surface area contributed by atoms with Gasteiger partial charge in [-0.3, -0.25) is 9.59 Å². The van der Waals surface area contributed by atoms with E-state index in [9.17, 15) is 9.59 Å². The number of carbonyl (C=O) groups excluding carboxylic acids is 2. The lowest BCUT2D eigenvalue weighted by Gasteiger charge is -2.03. The van der Waals surface area contributed by atoms with Crippen LogP contribution in [-0.2, 0) is 14.3 Å². The van der Waals surface area contributed by atoms with E-state index in [-0.39, 0.29) is 17.7 Å². The molecule has 10 heavy (non-hydrogen) atoms. The van der Waals surface area contributed by atoms with Gasteiger partial charge in [0.1, 0.15) is 11.7 Å². The van der Waals surface area contributed by atoms with Gasteiger partial charge in [-0.05, 0) is 6.92 Å². The van der Waals surface area contributed by atoms with Crippen LogP contribution in [0.3, 0.4) is 0 Å². The number of rotatable bonds is 1. The largest absolute Gasteiger partial charge is 0.465 e. The Morgan fingerprint density at radius 1 is 1.70 bits per heavy atom. The van der Waals surface area contributed by atoms with Crippen molar-refractivity contribution in [3.63, 3.8) is 0 Å². The molecule has 1 fully saturated rings.